The number of urea groups is 1. The van der Waals surface area contributed by atoms with Crippen LogP contribution in [0.1, 0.15) is 49.5 Å². The summed E-state index contributed by atoms with van der Waals surface area (Å²) in [4.78, 5) is 38.9. The van der Waals surface area contributed by atoms with Crippen molar-refractivity contribution in [1.82, 2.24) is 26.1 Å². The number of aromatic nitrogens is 2. The maximum absolute atomic E-state index is 12.2. The molecule has 0 spiro atoms. The molecule has 1 aromatic rings. The second-order valence-corrected chi connectivity index (χ2v) is 6.03. The molecule has 1 heterocycles. The molecule has 3 atom stereocenters. The van der Waals surface area contributed by atoms with Gasteiger partial charge in [-0.1, -0.05) is 5.16 Å². The van der Waals surface area contributed by atoms with E-state index < -0.39 is 36.0 Å². The number of aliphatic hydroxyl groups is 1. The number of nitrogens with one attached hydrogen (secondary N) is 3. The Balaban J connectivity index is 2.83. The summed E-state index contributed by atoms with van der Waals surface area (Å²) < 4.78 is 5.05. The number of carboxylic acids is 1. The van der Waals surface area contributed by atoms with Crippen molar-refractivity contribution in [3.63, 3.8) is 0 Å². The van der Waals surface area contributed by atoms with E-state index in [9.17, 15) is 24.6 Å². The van der Waals surface area contributed by atoms with E-state index >= 15 is 0 Å². The number of carbonyl (C=O) groups is 3. The monoisotopic (exact) mass is 401 g/mol. The summed E-state index contributed by atoms with van der Waals surface area (Å²) in [6, 6.07) is -3.62. The number of nitrogens with zero attached hydrogens (tertiary/aromatic N) is 2. The summed E-state index contributed by atoms with van der Waals surface area (Å²) in [5.74, 6) is -1.91. The van der Waals surface area contributed by atoms with Crippen LogP contribution in [-0.4, -0.2) is 64.5 Å². The van der Waals surface area contributed by atoms with E-state index in [0.717, 1.165) is 0 Å². The molecule has 0 aliphatic heterocycles. The Hall–Kier alpha value is -2.77. The van der Waals surface area contributed by atoms with Crippen LogP contribution in [0.2, 0.25) is 0 Å². The zero-order valence-corrected chi connectivity index (χ0v) is 15.6. The fourth-order valence-electron chi connectivity index (χ4n) is 2.34. The minimum absolute atomic E-state index is 0.104. The van der Waals surface area contributed by atoms with Gasteiger partial charge in [-0.05, 0) is 32.9 Å². The zero-order chi connectivity index (χ0) is 21.1. The van der Waals surface area contributed by atoms with Gasteiger partial charge in [0.25, 0.3) is 0 Å². The van der Waals surface area contributed by atoms with Crippen LogP contribution in [0.15, 0.2) is 4.52 Å². The highest BCUT2D eigenvalue weighted by molar-refractivity contribution is 5.83. The highest BCUT2D eigenvalue weighted by Gasteiger charge is 2.27. The second kappa shape index (κ2) is 11.8. The van der Waals surface area contributed by atoms with E-state index in [2.05, 4.69) is 26.1 Å². The van der Waals surface area contributed by atoms with Crippen molar-refractivity contribution in [2.75, 3.05) is 20.2 Å². The summed E-state index contributed by atoms with van der Waals surface area (Å²) in [5.41, 5.74) is 10.6. The topological polar surface area (TPSA) is 219 Å². The number of aliphatic carboxylic acids is 1. The van der Waals surface area contributed by atoms with Crippen molar-refractivity contribution in [3.8, 4) is 0 Å². The molecule has 3 amide bonds. The highest BCUT2D eigenvalue weighted by Crippen LogP contribution is 2.17. The molecule has 0 bridgehead atoms. The first-order chi connectivity index (χ1) is 13.3. The normalized spacial score (nSPS) is 14.1. The largest absolute Gasteiger partial charge is 0.480 e. The lowest BCUT2D eigenvalue weighted by atomic mass is 10.1. The summed E-state index contributed by atoms with van der Waals surface area (Å²) in [6.45, 7) is 0.118. The van der Waals surface area contributed by atoms with Crippen LogP contribution in [0.3, 0.4) is 0 Å². The van der Waals surface area contributed by atoms with Crippen molar-refractivity contribution < 1.29 is 29.1 Å². The Kier molecular flexibility index (Phi) is 9.84. The fourth-order valence-corrected chi connectivity index (χ4v) is 2.34. The van der Waals surface area contributed by atoms with Crippen molar-refractivity contribution in [1.29, 1.82) is 0 Å². The van der Waals surface area contributed by atoms with Gasteiger partial charge >= 0.3 is 12.0 Å². The molecule has 13 nitrogen and oxygen atoms in total. The van der Waals surface area contributed by atoms with Crippen LogP contribution >= 0.6 is 0 Å². The minimum atomic E-state index is -1.20. The summed E-state index contributed by atoms with van der Waals surface area (Å²) in [5, 5.41) is 29.7. The molecule has 158 valence electrons. The predicted molar refractivity (Wildman–Crippen MR) is 95.7 cm³/mol. The Morgan fingerprint density at radius 2 is 1.93 bits per heavy atom. The Morgan fingerprint density at radius 1 is 1.21 bits per heavy atom. The van der Waals surface area contributed by atoms with Crippen LogP contribution in [-0.2, 0) is 9.59 Å². The molecule has 0 unspecified atom stereocenters. The summed E-state index contributed by atoms with van der Waals surface area (Å²) >= 11 is 0. The lowest BCUT2D eigenvalue weighted by Gasteiger charge is -2.18. The molecular formula is C15H27N7O6. The van der Waals surface area contributed by atoms with Crippen LogP contribution in [0.25, 0.3) is 0 Å². The smallest absolute Gasteiger partial charge is 0.326 e. The van der Waals surface area contributed by atoms with E-state index in [4.69, 9.17) is 16.0 Å². The third-order valence-corrected chi connectivity index (χ3v) is 3.86. The average Bonchev–Trinajstić information content (AvgIpc) is 3.11. The third-order valence-electron chi connectivity index (χ3n) is 3.86. The number of hydrogen-bond acceptors (Lipinski definition) is 9. The molecule has 0 radical (unpaired) electrons. The van der Waals surface area contributed by atoms with Gasteiger partial charge in [-0.25, -0.2) is 9.59 Å². The van der Waals surface area contributed by atoms with E-state index in [0.29, 0.717) is 19.4 Å². The van der Waals surface area contributed by atoms with E-state index in [-0.39, 0.29) is 31.2 Å². The van der Waals surface area contributed by atoms with Crippen molar-refractivity contribution in [2.45, 2.75) is 43.8 Å². The van der Waals surface area contributed by atoms with Gasteiger partial charge in [0.05, 0.1) is 19.1 Å². The third kappa shape index (κ3) is 7.46. The van der Waals surface area contributed by atoms with E-state index in [1.165, 1.54) is 0 Å². The number of unbranched alkanes of at least 4 members (excludes halogenated alkanes) is 1. The molecular weight excluding hydrogens is 374 g/mol. The minimum Gasteiger partial charge on any atom is -0.480 e. The molecule has 28 heavy (non-hydrogen) atoms. The first-order valence-electron chi connectivity index (χ1n) is 8.72. The number of nitrogens with two attached hydrogens (primary N) is 2. The molecule has 0 aliphatic rings. The van der Waals surface area contributed by atoms with Gasteiger partial charge in [0, 0.05) is 0 Å². The number of aliphatic hydroxyl groups excluding tert-OH is 1. The van der Waals surface area contributed by atoms with Gasteiger partial charge in [-0.2, -0.15) is 4.98 Å². The van der Waals surface area contributed by atoms with Crippen LogP contribution < -0.4 is 27.4 Å². The SMILES string of the molecule is CN[C@@H](CO)c1noc([C@H](CC(N)=O)NC(=O)N[C@@H](CCCCN)C(=O)O)n1. The standard InChI is InChI=1S/C15H27N7O6/c1-18-10(7-23)12-21-13(28-22-12)9(6-11(17)24)20-15(27)19-8(14(25)26)4-2-3-5-16/h8-10,18,23H,2-7,16H2,1H3,(H2,17,24)(H,25,26)(H2,19,20,27)/t8-,9-,10-/m0/s1. The number of carboxylic acid groups (broad SMARTS) is 1. The van der Waals surface area contributed by atoms with Crippen LogP contribution in [0, 0.1) is 0 Å². The Labute approximate surface area is 161 Å². The lowest BCUT2D eigenvalue weighted by Crippen LogP contribution is -2.47. The zero-order valence-electron chi connectivity index (χ0n) is 15.6. The molecule has 0 saturated carbocycles. The second-order valence-electron chi connectivity index (χ2n) is 6.03. The quantitative estimate of drug-likeness (QED) is 0.182. The van der Waals surface area contributed by atoms with Gasteiger partial charge in [-0.15, -0.1) is 0 Å². The molecule has 0 saturated heterocycles. The van der Waals surface area contributed by atoms with Crippen molar-refractivity contribution >= 4 is 17.9 Å². The Morgan fingerprint density at radius 3 is 2.46 bits per heavy atom. The van der Waals surface area contributed by atoms with Gasteiger partial charge in [0.1, 0.15) is 12.1 Å². The Bertz CT molecular complexity index is 649. The molecule has 1 rings (SSSR count). The van der Waals surface area contributed by atoms with E-state index in [1.807, 2.05) is 0 Å². The van der Waals surface area contributed by atoms with Gasteiger partial charge < -0.3 is 42.2 Å². The van der Waals surface area contributed by atoms with Crippen LogP contribution in [0.4, 0.5) is 4.79 Å². The fraction of sp³-hybridized carbons (Fsp3) is 0.667. The van der Waals surface area contributed by atoms with Gasteiger partial charge in [0.15, 0.2) is 5.82 Å². The van der Waals surface area contributed by atoms with E-state index in [1.54, 1.807) is 7.05 Å². The molecule has 9 N–H and O–H groups in total. The predicted octanol–water partition coefficient (Wildman–Crippen LogP) is -1.88. The number of likely N-dealkylation sites (N-methyl/N-ethyl adjacent to an activating group) is 1. The maximum Gasteiger partial charge on any atom is 0.326 e. The number of hydrogen-bond donors (Lipinski definition) is 7. The average molecular weight is 401 g/mol. The lowest BCUT2D eigenvalue weighted by molar-refractivity contribution is -0.139. The maximum atomic E-state index is 12.2. The van der Waals surface area contributed by atoms with Crippen molar-refractivity contribution in [2.24, 2.45) is 11.5 Å². The molecule has 0 aliphatic carbocycles. The first kappa shape index (κ1) is 23.3. The number of carbonyl (C=O) groups excluding carboxylic acids is 2. The summed E-state index contributed by atoms with van der Waals surface area (Å²) in [6.07, 6.45) is 1.01. The number of amides is 3. The van der Waals surface area contributed by atoms with Gasteiger partial charge in [0.2, 0.25) is 11.8 Å². The van der Waals surface area contributed by atoms with Gasteiger partial charge in [-0.3, -0.25) is 4.79 Å². The first-order valence-corrected chi connectivity index (χ1v) is 8.72. The molecule has 0 aromatic carbocycles. The van der Waals surface area contributed by atoms with Crippen molar-refractivity contribution in [3.05, 3.63) is 11.7 Å². The molecule has 1 aromatic heterocycles. The molecule has 0 fully saturated rings. The van der Waals surface area contributed by atoms with Crippen LogP contribution in [0.5, 0.6) is 0 Å². The number of rotatable bonds is 13. The number of primary amides is 1. The highest BCUT2D eigenvalue weighted by atomic mass is 16.5. The molecule has 13 heteroatoms. The summed E-state index contributed by atoms with van der Waals surface area (Å²) in [7, 11) is 1.58.